The molecule has 4 aromatic rings. The summed E-state index contributed by atoms with van der Waals surface area (Å²) in [6.07, 6.45) is 5.93. The average Bonchev–Trinajstić information content (AvgIpc) is 3.56. The lowest BCUT2D eigenvalue weighted by molar-refractivity contribution is -0.138. The molecule has 9 heteroatoms. The van der Waals surface area contributed by atoms with Crippen LogP contribution in [0.3, 0.4) is 0 Å². The van der Waals surface area contributed by atoms with Crippen molar-refractivity contribution in [2.75, 3.05) is 0 Å². The van der Waals surface area contributed by atoms with Crippen LogP contribution < -0.4 is 0 Å². The fourth-order valence-corrected chi connectivity index (χ4v) is 5.20. The van der Waals surface area contributed by atoms with Crippen LogP contribution in [0, 0.1) is 5.92 Å². The Morgan fingerprint density at radius 3 is 2.47 bits per heavy atom. The van der Waals surface area contributed by atoms with Gasteiger partial charge < -0.3 is 5.11 Å². The first kappa shape index (κ1) is 23.8. The number of benzene rings is 2. The summed E-state index contributed by atoms with van der Waals surface area (Å²) in [5.41, 5.74) is 4.27. The lowest BCUT2D eigenvalue weighted by atomic mass is 9.80. The normalized spacial score (nSPS) is 17.8. The number of rotatable bonds is 9. The van der Waals surface area contributed by atoms with E-state index in [1.54, 1.807) is 0 Å². The SMILES string of the molecule is CCCc1nc(C2CCC(CC(=O)O)CC2)n(Cc2ccc(-c3ccccc3-c3nnn[nH]3)cc2)n1. The number of aryl methyl sites for hydroxylation is 1. The van der Waals surface area contributed by atoms with Crippen LogP contribution in [-0.4, -0.2) is 46.5 Å². The Labute approximate surface area is 210 Å². The third-order valence-electron chi connectivity index (χ3n) is 7.02. The zero-order valence-corrected chi connectivity index (χ0v) is 20.5. The number of aliphatic carboxylic acids is 1. The van der Waals surface area contributed by atoms with Crippen LogP contribution in [0.4, 0.5) is 0 Å². The summed E-state index contributed by atoms with van der Waals surface area (Å²) >= 11 is 0. The van der Waals surface area contributed by atoms with Gasteiger partial charge in [0, 0.05) is 24.3 Å². The van der Waals surface area contributed by atoms with Crippen molar-refractivity contribution in [3.8, 4) is 22.5 Å². The van der Waals surface area contributed by atoms with Crippen molar-refractivity contribution >= 4 is 5.97 Å². The highest BCUT2D eigenvalue weighted by Crippen LogP contribution is 2.37. The molecule has 1 aliphatic rings. The van der Waals surface area contributed by atoms with E-state index >= 15 is 0 Å². The maximum atomic E-state index is 11.1. The van der Waals surface area contributed by atoms with E-state index in [0.29, 0.717) is 18.3 Å². The quantitative estimate of drug-likeness (QED) is 0.346. The monoisotopic (exact) mass is 485 g/mol. The molecule has 2 aromatic heterocycles. The number of hydrogen-bond donors (Lipinski definition) is 2. The smallest absolute Gasteiger partial charge is 0.303 e. The molecule has 1 fully saturated rings. The van der Waals surface area contributed by atoms with Gasteiger partial charge in [-0.3, -0.25) is 4.79 Å². The van der Waals surface area contributed by atoms with Gasteiger partial charge in [-0.1, -0.05) is 55.5 Å². The predicted molar refractivity (Wildman–Crippen MR) is 135 cm³/mol. The molecular formula is C27H31N7O2. The minimum absolute atomic E-state index is 0.267. The highest BCUT2D eigenvalue weighted by atomic mass is 16.4. The summed E-state index contributed by atoms with van der Waals surface area (Å²) in [6.45, 7) is 2.80. The molecule has 0 spiro atoms. The molecule has 5 rings (SSSR count). The molecule has 186 valence electrons. The predicted octanol–water partition coefficient (Wildman–Crippen LogP) is 4.87. The van der Waals surface area contributed by atoms with Crippen molar-refractivity contribution < 1.29 is 9.90 Å². The summed E-state index contributed by atoms with van der Waals surface area (Å²) in [4.78, 5) is 16.0. The van der Waals surface area contributed by atoms with Crippen molar-refractivity contribution in [2.24, 2.45) is 5.92 Å². The second-order valence-electron chi connectivity index (χ2n) is 9.60. The van der Waals surface area contributed by atoms with Crippen molar-refractivity contribution in [3.63, 3.8) is 0 Å². The van der Waals surface area contributed by atoms with Gasteiger partial charge in [0.05, 0.1) is 6.54 Å². The maximum absolute atomic E-state index is 11.1. The largest absolute Gasteiger partial charge is 0.481 e. The molecule has 1 aliphatic carbocycles. The molecule has 9 nitrogen and oxygen atoms in total. The number of nitrogens with zero attached hydrogens (tertiary/aromatic N) is 6. The fraction of sp³-hybridized carbons (Fsp3) is 0.407. The Morgan fingerprint density at radius 2 is 1.81 bits per heavy atom. The number of aromatic nitrogens is 7. The Hall–Kier alpha value is -3.88. The number of hydrogen-bond acceptors (Lipinski definition) is 6. The molecule has 2 heterocycles. The summed E-state index contributed by atoms with van der Waals surface area (Å²) in [5, 5.41) is 28.3. The molecule has 0 saturated heterocycles. The van der Waals surface area contributed by atoms with Crippen LogP contribution >= 0.6 is 0 Å². The van der Waals surface area contributed by atoms with E-state index in [2.05, 4.69) is 62.6 Å². The van der Waals surface area contributed by atoms with Crippen LogP contribution in [0.1, 0.15) is 68.6 Å². The van der Waals surface area contributed by atoms with Gasteiger partial charge in [-0.25, -0.2) is 14.8 Å². The number of aromatic amines is 1. The lowest BCUT2D eigenvalue weighted by Gasteiger charge is -2.27. The molecule has 2 N–H and O–H groups in total. The number of H-pyrrole nitrogens is 1. The van der Waals surface area contributed by atoms with Gasteiger partial charge in [0.25, 0.3) is 0 Å². The zero-order chi connectivity index (χ0) is 24.9. The second-order valence-corrected chi connectivity index (χ2v) is 9.60. The molecule has 0 unspecified atom stereocenters. The topological polar surface area (TPSA) is 122 Å². The second kappa shape index (κ2) is 10.8. The first-order chi connectivity index (χ1) is 17.6. The fourth-order valence-electron chi connectivity index (χ4n) is 5.20. The highest BCUT2D eigenvalue weighted by molar-refractivity contribution is 5.80. The van der Waals surface area contributed by atoms with Gasteiger partial charge in [0.1, 0.15) is 5.82 Å². The molecule has 0 aliphatic heterocycles. The van der Waals surface area contributed by atoms with Crippen LogP contribution in [0.5, 0.6) is 0 Å². The van der Waals surface area contributed by atoms with Gasteiger partial charge in [0.15, 0.2) is 11.6 Å². The minimum Gasteiger partial charge on any atom is -0.481 e. The average molecular weight is 486 g/mol. The number of tetrazole rings is 1. The van der Waals surface area contributed by atoms with Gasteiger partial charge in [-0.05, 0) is 65.1 Å². The summed E-state index contributed by atoms with van der Waals surface area (Å²) in [5.74, 6) is 2.48. The van der Waals surface area contributed by atoms with E-state index in [-0.39, 0.29) is 12.3 Å². The van der Waals surface area contributed by atoms with E-state index in [4.69, 9.17) is 15.2 Å². The number of carboxylic acids is 1. The van der Waals surface area contributed by atoms with E-state index in [0.717, 1.165) is 72.4 Å². The van der Waals surface area contributed by atoms with Gasteiger partial charge in [-0.2, -0.15) is 5.10 Å². The molecular weight excluding hydrogens is 454 g/mol. The van der Waals surface area contributed by atoms with Crippen LogP contribution in [0.15, 0.2) is 48.5 Å². The number of carbonyl (C=O) groups is 1. The van der Waals surface area contributed by atoms with Crippen LogP contribution in [0.2, 0.25) is 0 Å². The van der Waals surface area contributed by atoms with E-state index in [1.165, 1.54) is 0 Å². The molecule has 0 bridgehead atoms. The van der Waals surface area contributed by atoms with Crippen LogP contribution in [0.25, 0.3) is 22.5 Å². The van der Waals surface area contributed by atoms with Crippen molar-refractivity contribution in [1.29, 1.82) is 0 Å². The van der Waals surface area contributed by atoms with Gasteiger partial charge >= 0.3 is 5.97 Å². The number of nitrogens with one attached hydrogen (secondary N) is 1. The third-order valence-corrected chi connectivity index (χ3v) is 7.02. The van der Waals surface area contributed by atoms with Crippen molar-refractivity contribution in [3.05, 3.63) is 65.7 Å². The third kappa shape index (κ3) is 5.35. The van der Waals surface area contributed by atoms with E-state index in [1.807, 2.05) is 18.2 Å². The summed E-state index contributed by atoms with van der Waals surface area (Å²) < 4.78 is 2.07. The van der Waals surface area contributed by atoms with Crippen LogP contribution in [-0.2, 0) is 17.8 Å². The molecule has 36 heavy (non-hydrogen) atoms. The molecule has 2 aromatic carbocycles. The first-order valence-corrected chi connectivity index (χ1v) is 12.7. The number of carboxylic acid groups (broad SMARTS) is 1. The highest BCUT2D eigenvalue weighted by Gasteiger charge is 2.28. The maximum Gasteiger partial charge on any atom is 0.303 e. The molecule has 0 radical (unpaired) electrons. The Morgan fingerprint density at radius 1 is 1.06 bits per heavy atom. The van der Waals surface area contributed by atoms with Crippen molar-refractivity contribution in [2.45, 2.75) is 64.3 Å². The summed E-state index contributed by atoms with van der Waals surface area (Å²) in [7, 11) is 0. The zero-order valence-electron chi connectivity index (χ0n) is 20.5. The standard InChI is InChI=1S/C27H31N7O2/c1-2-5-24-28-27(21-14-8-18(9-15-21)16-25(35)36)34(31-24)17-19-10-12-20(13-11-19)22-6-3-4-7-23(22)26-29-32-33-30-26/h3-4,6-7,10-13,18,21H,2,5,8-9,14-17H2,1H3,(H,35,36)(H,29,30,32,33). The van der Waals surface area contributed by atoms with Gasteiger partial charge in [-0.15, -0.1) is 5.10 Å². The van der Waals surface area contributed by atoms with Crippen molar-refractivity contribution in [1.82, 2.24) is 35.4 Å². The molecule has 1 saturated carbocycles. The Kier molecular flexibility index (Phi) is 7.16. The molecule has 0 amide bonds. The van der Waals surface area contributed by atoms with E-state index in [9.17, 15) is 4.79 Å². The first-order valence-electron chi connectivity index (χ1n) is 12.7. The minimum atomic E-state index is -0.699. The van der Waals surface area contributed by atoms with E-state index < -0.39 is 5.97 Å². The lowest BCUT2D eigenvalue weighted by Crippen LogP contribution is -2.19. The summed E-state index contributed by atoms with van der Waals surface area (Å²) in [6, 6.07) is 16.6. The molecule has 0 atom stereocenters. The van der Waals surface area contributed by atoms with Gasteiger partial charge in [0.2, 0.25) is 0 Å². The Balaban J connectivity index is 1.35. The Bertz CT molecular complexity index is 1290.